The van der Waals surface area contributed by atoms with E-state index < -0.39 is 0 Å². The average molecular weight is 316 g/mol. The number of aromatic amines is 1. The van der Waals surface area contributed by atoms with Crippen molar-refractivity contribution in [2.45, 2.75) is 0 Å². The smallest absolute Gasteiger partial charge is 0.195 e. The second-order valence-corrected chi connectivity index (χ2v) is 5.42. The largest absolute Gasteiger partial charge is 0.366 e. The summed E-state index contributed by atoms with van der Waals surface area (Å²) in [5.74, 6) is -0.0297. The summed E-state index contributed by atoms with van der Waals surface area (Å²) in [6.07, 6.45) is 3.49. The van der Waals surface area contributed by atoms with Gasteiger partial charge < -0.3 is 4.98 Å². The summed E-state index contributed by atoms with van der Waals surface area (Å²) < 4.78 is 0. The number of carbonyl (C=O) groups excluding carboxylic acids is 1. The molecule has 0 bridgehead atoms. The van der Waals surface area contributed by atoms with Crippen LogP contribution in [0.5, 0.6) is 0 Å². The van der Waals surface area contributed by atoms with E-state index in [1.54, 1.807) is 36.7 Å². The van der Waals surface area contributed by atoms with Crippen LogP contribution in [0, 0.1) is 0 Å². The van der Waals surface area contributed by atoms with Gasteiger partial charge in [0.25, 0.3) is 0 Å². The number of hydrogen-bond acceptors (Lipinski definition) is 1. The molecule has 0 spiro atoms. The maximum Gasteiger partial charge on any atom is 0.195 e. The molecule has 3 aromatic rings. The number of aromatic nitrogens is 1. The van der Waals surface area contributed by atoms with Gasteiger partial charge >= 0.3 is 0 Å². The third kappa shape index (κ3) is 2.73. The van der Waals surface area contributed by atoms with Gasteiger partial charge in [-0.1, -0.05) is 59.6 Å². The first-order chi connectivity index (χ1) is 10.2. The maximum atomic E-state index is 12.6. The summed E-state index contributed by atoms with van der Waals surface area (Å²) in [7, 11) is 0. The van der Waals surface area contributed by atoms with E-state index in [0.29, 0.717) is 21.2 Å². The predicted octanol–water partition coefficient (Wildman–Crippen LogP) is 5.22. The van der Waals surface area contributed by atoms with E-state index in [0.717, 1.165) is 11.1 Å². The number of rotatable bonds is 3. The molecule has 0 aliphatic heterocycles. The molecule has 2 aromatic carbocycles. The Morgan fingerprint density at radius 3 is 2.38 bits per heavy atom. The van der Waals surface area contributed by atoms with Gasteiger partial charge in [0.05, 0.1) is 10.0 Å². The summed E-state index contributed by atoms with van der Waals surface area (Å²) in [5.41, 5.74) is 2.92. The Morgan fingerprint density at radius 1 is 0.905 bits per heavy atom. The Morgan fingerprint density at radius 2 is 1.67 bits per heavy atom. The van der Waals surface area contributed by atoms with E-state index >= 15 is 0 Å². The third-order valence-corrected chi connectivity index (χ3v) is 4.00. The Kier molecular flexibility index (Phi) is 3.82. The molecule has 21 heavy (non-hydrogen) atoms. The van der Waals surface area contributed by atoms with Crippen LogP contribution in [-0.2, 0) is 0 Å². The summed E-state index contributed by atoms with van der Waals surface area (Å²) in [6, 6.07) is 14.5. The van der Waals surface area contributed by atoms with Crippen LogP contribution in [0.15, 0.2) is 60.9 Å². The van der Waals surface area contributed by atoms with Gasteiger partial charge in [-0.2, -0.15) is 0 Å². The molecule has 0 unspecified atom stereocenters. The first-order valence-corrected chi connectivity index (χ1v) is 7.14. The molecule has 0 amide bonds. The highest BCUT2D eigenvalue weighted by Crippen LogP contribution is 2.31. The SMILES string of the molecule is O=C(c1ccccc1)c1c[nH]cc1-c1ccc(Cl)c(Cl)c1. The van der Waals surface area contributed by atoms with Gasteiger partial charge in [0.1, 0.15) is 0 Å². The second-order valence-electron chi connectivity index (χ2n) is 4.61. The molecule has 0 aliphatic carbocycles. The fraction of sp³-hybridized carbons (Fsp3) is 0. The molecule has 0 saturated heterocycles. The minimum absolute atomic E-state index is 0.0297. The number of carbonyl (C=O) groups is 1. The molecule has 0 atom stereocenters. The van der Waals surface area contributed by atoms with Gasteiger partial charge in [-0.25, -0.2) is 0 Å². The van der Waals surface area contributed by atoms with Gasteiger partial charge in [0, 0.05) is 29.1 Å². The highest BCUT2D eigenvalue weighted by molar-refractivity contribution is 6.42. The number of ketones is 1. The van der Waals surface area contributed by atoms with Gasteiger partial charge in [-0.3, -0.25) is 4.79 Å². The normalized spacial score (nSPS) is 10.6. The van der Waals surface area contributed by atoms with Crippen molar-refractivity contribution in [1.82, 2.24) is 4.98 Å². The molecule has 0 radical (unpaired) electrons. The zero-order valence-electron chi connectivity index (χ0n) is 10.9. The number of halogens is 2. The fourth-order valence-electron chi connectivity index (χ4n) is 2.20. The lowest BCUT2D eigenvalue weighted by Gasteiger charge is -2.05. The molecule has 4 heteroatoms. The molecular formula is C17H11Cl2NO. The molecule has 0 fully saturated rings. The van der Waals surface area contributed by atoms with Crippen molar-refractivity contribution in [1.29, 1.82) is 0 Å². The van der Waals surface area contributed by atoms with Crippen LogP contribution >= 0.6 is 23.2 Å². The Labute approximate surface area is 132 Å². The lowest BCUT2D eigenvalue weighted by Crippen LogP contribution is -2.01. The third-order valence-electron chi connectivity index (χ3n) is 3.26. The van der Waals surface area contributed by atoms with Crippen LogP contribution in [0.3, 0.4) is 0 Å². The number of hydrogen-bond donors (Lipinski definition) is 1. The van der Waals surface area contributed by atoms with Crippen molar-refractivity contribution in [3.63, 3.8) is 0 Å². The Bertz CT molecular complexity index is 794. The highest BCUT2D eigenvalue weighted by atomic mass is 35.5. The molecule has 1 N–H and O–H groups in total. The van der Waals surface area contributed by atoms with Crippen LogP contribution in [-0.4, -0.2) is 10.8 Å². The van der Waals surface area contributed by atoms with Gasteiger partial charge in [0.15, 0.2) is 5.78 Å². The van der Waals surface area contributed by atoms with E-state index in [2.05, 4.69) is 4.98 Å². The van der Waals surface area contributed by atoms with Crippen molar-refractivity contribution in [2.24, 2.45) is 0 Å². The van der Waals surface area contributed by atoms with E-state index in [-0.39, 0.29) is 5.78 Å². The molecule has 0 aliphatic rings. The molecule has 3 rings (SSSR count). The van der Waals surface area contributed by atoms with Crippen LogP contribution in [0.4, 0.5) is 0 Å². The van der Waals surface area contributed by atoms with E-state index in [1.165, 1.54) is 0 Å². The lowest BCUT2D eigenvalue weighted by atomic mass is 9.98. The van der Waals surface area contributed by atoms with Crippen LogP contribution in [0.1, 0.15) is 15.9 Å². The molecule has 104 valence electrons. The average Bonchev–Trinajstić information content (AvgIpc) is 2.99. The summed E-state index contributed by atoms with van der Waals surface area (Å²) in [6.45, 7) is 0. The summed E-state index contributed by atoms with van der Waals surface area (Å²) >= 11 is 12.0. The van der Waals surface area contributed by atoms with Gasteiger partial charge in [-0.15, -0.1) is 0 Å². The minimum atomic E-state index is -0.0297. The Balaban J connectivity index is 2.05. The monoisotopic (exact) mass is 315 g/mol. The van der Waals surface area contributed by atoms with Gasteiger partial charge in [-0.05, 0) is 17.7 Å². The number of nitrogens with one attached hydrogen (secondary N) is 1. The van der Waals surface area contributed by atoms with E-state index in [4.69, 9.17) is 23.2 Å². The molecule has 1 heterocycles. The zero-order valence-corrected chi connectivity index (χ0v) is 12.4. The standard InChI is InChI=1S/C17H11Cl2NO/c18-15-7-6-12(8-16(15)19)13-9-20-10-14(13)17(21)11-4-2-1-3-5-11/h1-10,20H. The topological polar surface area (TPSA) is 32.9 Å². The summed E-state index contributed by atoms with van der Waals surface area (Å²) in [4.78, 5) is 15.6. The molecule has 1 aromatic heterocycles. The van der Waals surface area contributed by atoms with Crippen molar-refractivity contribution in [3.8, 4) is 11.1 Å². The highest BCUT2D eigenvalue weighted by Gasteiger charge is 2.16. The van der Waals surface area contributed by atoms with Crippen molar-refractivity contribution >= 4 is 29.0 Å². The molecule has 0 saturated carbocycles. The quantitative estimate of drug-likeness (QED) is 0.660. The lowest BCUT2D eigenvalue weighted by molar-refractivity contribution is 0.103. The Hall–Kier alpha value is -2.03. The number of H-pyrrole nitrogens is 1. The van der Waals surface area contributed by atoms with Crippen molar-refractivity contribution < 1.29 is 4.79 Å². The van der Waals surface area contributed by atoms with Crippen molar-refractivity contribution in [3.05, 3.63) is 82.1 Å². The maximum absolute atomic E-state index is 12.6. The van der Waals surface area contributed by atoms with E-state index in [9.17, 15) is 4.79 Å². The zero-order chi connectivity index (χ0) is 14.8. The first-order valence-electron chi connectivity index (χ1n) is 6.39. The predicted molar refractivity (Wildman–Crippen MR) is 86.1 cm³/mol. The van der Waals surface area contributed by atoms with Gasteiger partial charge in [0.2, 0.25) is 0 Å². The summed E-state index contributed by atoms with van der Waals surface area (Å²) in [5, 5.41) is 0.959. The minimum Gasteiger partial charge on any atom is -0.366 e. The van der Waals surface area contributed by atoms with E-state index in [1.807, 2.05) is 24.3 Å². The number of benzene rings is 2. The van der Waals surface area contributed by atoms with Crippen LogP contribution < -0.4 is 0 Å². The fourth-order valence-corrected chi connectivity index (χ4v) is 2.50. The molecular weight excluding hydrogens is 305 g/mol. The second kappa shape index (κ2) is 5.76. The first kappa shape index (κ1) is 13.9. The van der Waals surface area contributed by atoms with Crippen LogP contribution in [0.2, 0.25) is 10.0 Å². The van der Waals surface area contributed by atoms with Crippen LogP contribution in [0.25, 0.3) is 11.1 Å². The van der Waals surface area contributed by atoms with Crippen molar-refractivity contribution in [2.75, 3.05) is 0 Å². The molecule has 2 nitrogen and oxygen atoms in total.